The van der Waals surface area contributed by atoms with Crippen molar-refractivity contribution in [3.63, 3.8) is 0 Å². The molecule has 0 unspecified atom stereocenters. The second-order valence-corrected chi connectivity index (χ2v) is 6.89. The van der Waals surface area contributed by atoms with Gasteiger partial charge in [-0.05, 0) is 49.4 Å². The predicted octanol–water partition coefficient (Wildman–Crippen LogP) is 5.41. The first-order valence-electron chi connectivity index (χ1n) is 9.22. The van der Waals surface area contributed by atoms with Gasteiger partial charge in [-0.15, -0.1) is 0 Å². The third-order valence-electron chi connectivity index (χ3n) is 4.31. The van der Waals surface area contributed by atoms with Gasteiger partial charge in [0.2, 0.25) is 0 Å². The summed E-state index contributed by atoms with van der Waals surface area (Å²) in [6.45, 7) is 2.56. The Labute approximate surface area is 176 Å². The second kappa shape index (κ2) is 8.54. The molecule has 0 saturated heterocycles. The lowest BCUT2D eigenvalue weighted by atomic mass is 10.2. The van der Waals surface area contributed by atoms with Gasteiger partial charge in [0.1, 0.15) is 35.4 Å². The molecule has 2 aromatic heterocycles. The maximum absolute atomic E-state index is 13.5. The number of hydrogen-bond donors (Lipinski definition) is 0. The summed E-state index contributed by atoms with van der Waals surface area (Å²) in [6.07, 6.45) is 3.23. The number of rotatable bonds is 6. The van der Waals surface area contributed by atoms with Crippen LogP contribution in [-0.2, 0) is 6.61 Å². The number of benzene rings is 2. The molecule has 0 N–H and O–H groups in total. The van der Waals surface area contributed by atoms with E-state index in [0.717, 1.165) is 17.0 Å². The molecule has 152 valence electrons. The Balaban J connectivity index is 1.58. The van der Waals surface area contributed by atoms with Crippen molar-refractivity contribution in [2.45, 2.75) is 13.5 Å². The third kappa shape index (κ3) is 4.44. The Morgan fingerprint density at radius 2 is 1.73 bits per heavy atom. The number of pyridine rings is 1. The van der Waals surface area contributed by atoms with Gasteiger partial charge in [0.25, 0.3) is 0 Å². The summed E-state index contributed by atoms with van der Waals surface area (Å²) in [5.41, 5.74) is 1.54. The third-order valence-corrected chi connectivity index (χ3v) is 4.68. The van der Waals surface area contributed by atoms with Crippen molar-refractivity contribution in [2.75, 3.05) is 6.61 Å². The molecule has 30 heavy (non-hydrogen) atoms. The summed E-state index contributed by atoms with van der Waals surface area (Å²) in [4.78, 5) is 4.36. The molecule has 0 fully saturated rings. The van der Waals surface area contributed by atoms with Crippen molar-refractivity contribution < 1.29 is 18.3 Å². The fourth-order valence-electron chi connectivity index (χ4n) is 2.94. The van der Waals surface area contributed by atoms with Crippen LogP contribution in [0.3, 0.4) is 0 Å². The number of fused-ring (bicyclic) bond motifs is 1. The summed E-state index contributed by atoms with van der Waals surface area (Å²) in [6, 6.07) is 12.2. The van der Waals surface area contributed by atoms with Crippen LogP contribution in [0.4, 0.5) is 8.78 Å². The van der Waals surface area contributed by atoms with E-state index in [2.05, 4.69) is 10.1 Å². The van der Waals surface area contributed by atoms with Crippen LogP contribution in [0.1, 0.15) is 12.6 Å². The maximum Gasteiger partial charge on any atom is 0.138 e. The molecule has 0 atom stereocenters. The van der Waals surface area contributed by atoms with Gasteiger partial charge in [-0.3, -0.25) is 4.98 Å². The average Bonchev–Trinajstić information content (AvgIpc) is 2.72. The van der Waals surface area contributed by atoms with Crippen molar-refractivity contribution in [3.05, 3.63) is 82.8 Å². The van der Waals surface area contributed by atoms with Crippen molar-refractivity contribution >= 4 is 23.1 Å². The van der Waals surface area contributed by atoms with Crippen molar-refractivity contribution in [3.8, 4) is 17.2 Å². The van der Waals surface area contributed by atoms with Crippen molar-refractivity contribution in [2.24, 2.45) is 0 Å². The highest BCUT2D eigenvalue weighted by Gasteiger charge is 2.07. The molecular formula is C22H17F2N3O2S. The van der Waals surface area contributed by atoms with Crippen LogP contribution in [0.2, 0.25) is 0 Å². The normalized spacial score (nSPS) is 10.9. The van der Waals surface area contributed by atoms with E-state index in [1.807, 2.05) is 25.1 Å². The van der Waals surface area contributed by atoms with Gasteiger partial charge in [0.05, 0.1) is 28.5 Å². The molecule has 2 aromatic carbocycles. The van der Waals surface area contributed by atoms with Crippen molar-refractivity contribution in [1.29, 1.82) is 0 Å². The molecule has 0 aliphatic rings. The Kier molecular flexibility index (Phi) is 5.67. The quantitative estimate of drug-likeness (QED) is 0.387. The molecule has 0 aliphatic carbocycles. The minimum Gasteiger partial charge on any atom is -0.492 e. The highest BCUT2D eigenvalue weighted by Crippen LogP contribution is 2.24. The van der Waals surface area contributed by atoms with Gasteiger partial charge in [0, 0.05) is 17.6 Å². The predicted molar refractivity (Wildman–Crippen MR) is 112 cm³/mol. The Bertz CT molecular complexity index is 1260. The zero-order valence-corrected chi connectivity index (χ0v) is 16.8. The fraction of sp³-hybridized carbons (Fsp3) is 0.136. The molecule has 0 saturated carbocycles. The van der Waals surface area contributed by atoms with Crippen LogP contribution >= 0.6 is 12.2 Å². The number of ether oxygens (including phenoxy) is 2. The van der Waals surface area contributed by atoms with E-state index in [1.165, 1.54) is 16.8 Å². The van der Waals surface area contributed by atoms with Crippen LogP contribution in [-0.4, -0.2) is 21.4 Å². The number of halogens is 2. The number of aromatic nitrogens is 3. The Morgan fingerprint density at radius 1 is 0.967 bits per heavy atom. The summed E-state index contributed by atoms with van der Waals surface area (Å²) < 4.78 is 40.3. The van der Waals surface area contributed by atoms with E-state index < -0.39 is 11.6 Å². The largest absolute Gasteiger partial charge is 0.492 e. The molecule has 0 amide bonds. The summed E-state index contributed by atoms with van der Waals surface area (Å²) in [5, 5.41) is 5.24. The van der Waals surface area contributed by atoms with Crippen LogP contribution in [0.5, 0.6) is 11.5 Å². The molecule has 0 aliphatic heterocycles. The number of hydrogen-bond acceptors (Lipinski definition) is 5. The zero-order valence-electron chi connectivity index (χ0n) is 16.0. The van der Waals surface area contributed by atoms with Crippen LogP contribution in [0.25, 0.3) is 16.6 Å². The highest BCUT2D eigenvalue weighted by atomic mass is 32.1. The van der Waals surface area contributed by atoms with E-state index in [4.69, 9.17) is 21.7 Å². The molecule has 0 spiro atoms. The molecule has 0 radical (unpaired) electrons. The standard InChI is InChI=1S/C22H17F2N3O2S/c1-2-28-19-8-14-7-18(3-4-20(14)25-12-19)29-13-21-22(30)5-6-27(26-21)17-10-15(23)9-16(24)11-17/h3-12H,2,13H2,1H3. The highest BCUT2D eigenvalue weighted by molar-refractivity contribution is 7.71. The van der Waals surface area contributed by atoms with E-state index in [9.17, 15) is 8.78 Å². The first-order chi connectivity index (χ1) is 14.5. The maximum atomic E-state index is 13.5. The average molecular weight is 425 g/mol. The second-order valence-electron chi connectivity index (χ2n) is 6.45. The first kappa shape index (κ1) is 19.9. The van der Waals surface area contributed by atoms with E-state index in [1.54, 1.807) is 24.5 Å². The molecule has 0 bridgehead atoms. The number of nitrogens with zero attached hydrogens (tertiary/aromatic N) is 3. The Morgan fingerprint density at radius 3 is 2.50 bits per heavy atom. The monoisotopic (exact) mass is 425 g/mol. The first-order valence-corrected chi connectivity index (χ1v) is 9.63. The molecule has 8 heteroatoms. The van der Waals surface area contributed by atoms with Crippen LogP contribution in [0, 0.1) is 16.1 Å². The Hall–Kier alpha value is -3.39. The molecule has 4 rings (SSSR count). The van der Waals surface area contributed by atoms with E-state index in [0.29, 0.717) is 28.3 Å². The lowest BCUT2D eigenvalue weighted by Crippen LogP contribution is -2.08. The van der Waals surface area contributed by atoms with Crippen molar-refractivity contribution in [1.82, 2.24) is 14.8 Å². The summed E-state index contributed by atoms with van der Waals surface area (Å²) >= 11 is 5.32. The van der Waals surface area contributed by atoms with E-state index >= 15 is 0 Å². The van der Waals surface area contributed by atoms with Gasteiger partial charge >= 0.3 is 0 Å². The van der Waals surface area contributed by atoms with Crippen LogP contribution < -0.4 is 9.47 Å². The molecule has 4 aromatic rings. The van der Waals surface area contributed by atoms with Gasteiger partial charge in [-0.1, -0.05) is 12.2 Å². The topological polar surface area (TPSA) is 49.2 Å². The van der Waals surface area contributed by atoms with Gasteiger partial charge in [-0.25, -0.2) is 13.5 Å². The minimum atomic E-state index is -0.684. The lowest BCUT2D eigenvalue weighted by Gasteiger charge is -2.11. The van der Waals surface area contributed by atoms with E-state index in [-0.39, 0.29) is 12.3 Å². The van der Waals surface area contributed by atoms with Crippen LogP contribution in [0.15, 0.2) is 60.9 Å². The van der Waals surface area contributed by atoms with Gasteiger partial charge in [0.15, 0.2) is 0 Å². The fourth-order valence-corrected chi connectivity index (χ4v) is 3.10. The summed E-state index contributed by atoms with van der Waals surface area (Å²) in [7, 11) is 0. The minimum absolute atomic E-state index is 0.0988. The SMILES string of the molecule is CCOc1cnc2ccc(OCc3nn(-c4cc(F)cc(F)c4)ccc3=S)cc2c1. The lowest BCUT2D eigenvalue weighted by molar-refractivity contribution is 0.298. The molecular weight excluding hydrogens is 408 g/mol. The molecule has 5 nitrogen and oxygen atoms in total. The molecule has 2 heterocycles. The zero-order chi connectivity index (χ0) is 21.1. The van der Waals surface area contributed by atoms with Gasteiger partial charge in [-0.2, -0.15) is 5.10 Å². The smallest absolute Gasteiger partial charge is 0.138 e. The van der Waals surface area contributed by atoms with Gasteiger partial charge < -0.3 is 9.47 Å². The summed E-state index contributed by atoms with van der Waals surface area (Å²) in [5.74, 6) is -0.0732.